The summed E-state index contributed by atoms with van der Waals surface area (Å²) in [6.45, 7) is 1.13. The molecule has 0 atom stereocenters. The molecule has 2 aromatic carbocycles. The van der Waals surface area contributed by atoms with Gasteiger partial charge in [0.15, 0.2) is 6.61 Å². The topological polar surface area (TPSA) is 55.4 Å². The second kappa shape index (κ2) is 7.49. The maximum atomic E-state index is 13.4. The Morgan fingerprint density at radius 2 is 1.78 bits per heavy atom. The summed E-state index contributed by atoms with van der Waals surface area (Å²) in [4.78, 5) is 23.2. The van der Waals surface area contributed by atoms with E-state index in [4.69, 9.17) is 4.74 Å². The van der Waals surface area contributed by atoms with E-state index in [2.05, 4.69) is 5.32 Å². The molecule has 0 fully saturated rings. The van der Waals surface area contributed by atoms with Crippen LogP contribution >= 0.6 is 0 Å². The van der Waals surface area contributed by atoms with Gasteiger partial charge in [0, 0.05) is 5.69 Å². The van der Waals surface area contributed by atoms with Gasteiger partial charge in [-0.05, 0) is 42.3 Å². The predicted molar refractivity (Wildman–Crippen MR) is 80.8 cm³/mol. The molecule has 2 rings (SSSR count). The number of benzene rings is 2. The minimum atomic E-state index is -0.609. The summed E-state index contributed by atoms with van der Waals surface area (Å²) in [5.41, 5.74) is 1.33. The van der Waals surface area contributed by atoms with Gasteiger partial charge in [-0.3, -0.25) is 9.59 Å². The van der Waals surface area contributed by atoms with Gasteiger partial charge in [-0.25, -0.2) is 8.78 Å². The van der Waals surface area contributed by atoms with Crippen LogP contribution in [0.3, 0.4) is 0 Å². The minimum Gasteiger partial charge on any atom is -0.455 e. The first-order chi connectivity index (χ1) is 10.9. The molecule has 0 aliphatic carbocycles. The highest BCUT2D eigenvalue weighted by molar-refractivity contribution is 5.92. The lowest BCUT2D eigenvalue weighted by molar-refractivity contribution is -0.146. The quantitative estimate of drug-likeness (QED) is 0.862. The Morgan fingerprint density at radius 1 is 1.09 bits per heavy atom. The molecule has 6 heteroatoms. The number of amides is 1. The molecule has 23 heavy (non-hydrogen) atoms. The van der Waals surface area contributed by atoms with Crippen molar-refractivity contribution in [2.75, 3.05) is 11.9 Å². The number of aryl methyl sites for hydroxylation is 1. The number of hydrogen-bond acceptors (Lipinski definition) is 3. The van der Waals surface area contributed by atoms with Gasteiger partial charge in [0.1, 0.15) is 11.6 Å². The molecule has 0 unspecified atom stereocenters. The van der Waals surface area contributed by atoms with Crippen LogP contribution < -0.4 is 5.32 Å². The molecule has 0 aromatic heterocycles. The second-order valence-electron chi connectivity index (χ2n) is 4.98. The first kappa shape index (κ1) is 16.6. The molecule has 0 spiro atoms. The summed E-state index contributed by atoms with van der Waals surface area (Å²) in [7, 11) is 0. The lowest BCUT2D eigenvalue weighted by Gasteiger charge is -2.07. The summed E-state index contributed by atoms with van der Waals surface area (Å²) < 4.78 is 30.9. The Labute approximate surface area is 132 Å². The fraction of sp³-hybridized carbons (Fsp3) is 0.176. The van der Waals surface area contributed by atoms with Gasteiger partial charge in [0.05, 0.1) is 6.42 Å². The molecule has 0 bridgehead atoms. The van der Waals surface area contributed by atoms with E-state index in [0.29, 0.717) is 11.1 Å². The lowest BCUT2D eigenvalue weighted by atomic mass is 10.1. The third-order valence-corrected chi connectivity index (χ3v) is 3.08. The lowest BCUT2D eigenvalue weighted by Crippen LogP contribution is -2.21. The van der Waals surface area contributed by atoms with Crippen molar-refractivity contribution in [3.63, 3.8) is 0 Å². The molecule has 2 aromatic rings. The Bertz CT molecular complexity index is 714. The van der Waals surface area contributed by atoms with Gasteiger partial charge in [0.25, 0.3) is 5.91 Å². The molecule has 1 N–H and O–H groups in total. The highest BCUT2D eigenvalue weighted by atomic mass is 19.1. The number of carbonyl (C=O) groups excluding carboxylic acids is 2. The van der Waals surface area contributed by atoms with Crippen LogP contribution in [-0.4, -0.2) is 18.5 Å². The maximum absolute atomic E-state index is 13.4. The smallest absolute Gasteiger partial charge is 0.310 e. The van der Waals surface area contributed by atoms with Crippen molar-refractivity contribution in [2.24, 2.45) is 0 Å². The SMILES string of the molecule is Cc1ccc(NC(=O)COC(=O)Cc2ccc(F)cc2)cc1F. The number of esters is 1. The Balaban J connectivity index is 1.80. The normalized spacial score (nSPS) is 10.2. The van der Waals surface area contributed by atoms with Crippen molar-refractivity contribution >= 4 is 17.6 Å². The average molecular weight is 319 g/mol. The monoisotopic (exact) mass is 319 g/mol. The standard InChI is InChI=1S/C17H15F2NO3/c1-11-2-7-14(9-15(11)19)20-16(21)10-23-17(22)8-12-3-5-13(18)6-4-12/h2-7,9H,8,10H2,1H3,(H,20,21). The van der Waals surface area contributed by atoms with Crippen LogP contribution in [0.25, 0.3) is 0 Å². The molecule has 0 saturated heterocycles. The third-order valence-electron chi connectivity index (χ3n) is 3.08. The Kier molecular flexibility index (Phi) is 5.41. The van der Waals surface area contributed by atoms with Gasteiger partial charge < -0.3 is 10.1 Å². The molecule has 0 saturated carbocycles. The minimum absolute atomic E-state index is 0.0628. The molecule has 0 aliphatic rings. The Hall–Kier alpha value is -2.76. The van der Waals surface area contributed by atoms with E-state index in [1.54, 1.807) is 13.0 Å². The third kappa shape index (κ3) is 5.18. The van der Waals surface area contributed by atoms with Gasteiger partial charge >= 0.3 is 5.97 Å². The molecule has 4 nitrogen and oxygen atoms in total. The number of carbonyl (C=O) groups is 2. The number of nitrogens with one attached hydrogen (secondary N) is 1. The largest absolute Gasteiger partial charge is 0.455 e. The maximum Gasteiger partial charge on any atom is 0.310 e. The van der Waals surface area contributed by atoms with Crippen molar-refractivity contribution in [1.82, 2.24) is 0 Å². The van der Waals surface area contributed by atoms with Gasteiger partial charge in [0.2, 0.25) is 0 Å². The van der Waals surface area contributed by atoms with Crippen molar-refractivity contribution < 1.29 is 23.1 Å². The summed E-state index contributed by atoms with van der Waals surface area (Å²) in [6.07, 6.45) is -0.0628. The highest BCUT2D eigenvalue weighted by Gasteiger charge is 2.10. The molecule has 0 heterocycles. The zero-order chi connectivity index (χ0) is 16.8. The van der Waals surface area contributed by atoms with Crippen molar-refractivity contribution in [3.8, 4) is 0 Å². The van der Waals surface area contributed by atoms with Crippen LogP contribution in [0.2, 0.25) is 0 Å². The summed E-state index contributed by atoms with van der Waals surface area (Å²) >= 11 is 0. The summed E-state index contributed by atoms with van der Waals surface area (Å²) in [5, 5.41) is 2.43. The summed E-state index contributed by atoms with van der Waals surface area (Å²) in [5.74, 6) is -2.01. The molecule has 120 valence electrons. The van der Waals surface area contributed by atoms with E-state index in [1.165, 1.54) is 36.4 Å². The van der Waals surface area contributed by atoms with Crippen LogP contribution in [0.1, 0.15) is 11.1 Å². The van der Waals surface area contributed by atoms with Gasteiger partial charge in [-0.2, -0.15) is 0 Å². The van der Waals surface area contributed by atoms with E-state index in [0.717, 1.165) is 0 Å². The fourth-order valence-corrected chi connectivity index (χ4v) is 1.83. The first-order valence-electron chi connectivity index (χ1n) is 6.90. The van der Waals surface area contributed by atoms with Crippen molar-refractivity contribution in [2.45, 2.75) is 13.3 Å². The van der Waals surface area contributed by atoms with Crippen molar-refractivity contribution in [3.05, 3.63) is 65.2 Å². The number of anilines is 1. The number of rotatable bonds is 5. The van der Waals surface area contributed by atoms with Crippen LogP contribution in [0, 0.1) is 18.6 Å². The fourth-order valence-electron chi connectivity index (χ4n) is 1.83. The number of ether oxygens (including phenoxy) is 1. The second-order valence-corrected chi connectivity index (χ2v) is 4.98. The van der Waals surface area contributed by atoms with Gasteiger partial charge in [-0.1, -0.05) is 18.2 Å². The molecule has 0 radical (unpaired) electrons. The number of hydrogen-bond donors (Lipinski definition) is 1. The predicted octanol–water partition coefficient (Wildman–Crippen LogP) is 3.00. The van der Waals surface area contributed by atoms with Crippen molar-refractivity contribution in [1.29, 1.82) is 0 Å². The molecular weight excluding hydrogens is 304 g/mol. The zero-order valence-electron chi connectivity index (χ0n) is 12.4. The molecule has 1 amide bonds. The van der Waals surface area contributed by atoms with Crippen LogP contribution in [0.15, 0.2) is 42.5 Å². The van der Waals surface area contributed by atoms with E-state index < -0.39 is 30.1 Å². The molecule has 0 aliphatic heterocycles. The van der Waals surface area contributed by atoms with Gasteiger partial charge in [-0.15, -0.1) is 0 Å². The zero-order valence-corrected chi connectivity index (χ0v) is 12.4. The van der Waals surface area contributed by atoms with E-state index >= 15 is 0 Å². The molecular formula is C17H15F2NO3. The van der Waals surface area contributed by atoms with E-state index in [9.17, 15) is 18.4 Å². The van der Waals surface area contributed by atoms with Crippen LogP contribution in [0.4, 0.5) is 14.5 Å². The van der Waals surface area contributed by atoms with E-state index in [1.807, 2.05) is 0 Å². The van der Waals surface area contributed by atoms with Crippen LogP contribution in [-0.2, 0) is 20.7 Å². The summed E-state index contributed by atoms with van der Waals surface area (Å²) in [6, 6.07) is 9.68. The Morgan fingerprint density at radius 3 is 2.43 bits per heavy atom. The first-order valence-corrected chi connectivity index (χ1v) is 6.90. The number of halogens is 2. The average Bonchev–Trinajstić information content (AvgIpc) is 2.51. The van der Waals surface area contributed by atoms with E-state index in [-0.39, 0.29) is 12.1 Å². The van der Waals surface area contributed by atoms with Crippen LogP contribution in [0.5, 0.6) is 0 Å². The highest BCUT2D eigenvalue weighted by Crippen LogP contribution is 2.13.